The number of aliphatic carboxylic acids is 1. The topological polar surface area (TPSA) is 78.9 Å². The fourth-order valence-corrected chi connectivity index (χ4v) is 2.86. The van der Waals surface area contributed by atoms with Crippen LogP contribution in [0.25, 0.3) is 6.08 Å². The van der Waals surface area contributed by atoms with Crippen LogP contribution in [-0.4, -0.2) is 26.3 Å². The Morgan fingerprint density at radius 3 is 3.11 bits per heavy atom. The standard InChI is InChI=1S/C12H13N3O2S2/c1-2-4-10-13-12(15-14-10)19-9(11(16)17)7-8-5-3-6-18-8/h3,5-7H,2,4H2,1H3,(H,16,17)(H,13,14,15)/b9-7-. The van der Waals surface area contributed by atoms with Gasteiger partial charge in [0.2, 0.25) is 5.16 Å². The number of carboxylic acid groups (broad SMARTS) is 1. The lowest BCUT2D eigenvalue weighted by Gasteiger charge is -1.97. The first kappa shape index (κ1) is 13.8. The van der Waals surface area contributed by atoms with E-state index in [1.54, 1.807) is 6.08 Å². The number of carbonyl (C=O) groups is 1. The number of carboxylic acids is 1. The normalized spacial score (nSPS) is 11.7. The van der Waals surface area contributed by atoms with Crippen molar-refractivity contribution < 1.29 is 9.90 Å². The Morgan fingerprint density at radius 1 is 1.63 bits per heavy atom. The minimum absolute atomic E-state index is 0.212. The molecule has 2 heterocycles. The van der Waals surface area contributed by atoms with Crippen LogP contribution in [0.4, 0.5) is 0 Å². The number of hydrogen-bond donors (Lipinski definition) is 2. The van der Waals surface area contributed by atoms with Gasteiger partial charge in [-0.05, 0) is 35.7 Å². The van der Waals surface area contributed by atoms with Crippen molar-refractivity contribution in [2.24, 2.45) is 0 Å². The van der Waals surface area contributed by atoms with Crippen LogP contribution in [0, 0.1) is 0 Å². The molecule has 0 unspecified atom stereocenters. The van der Waals surface area contributed by atoms with E-state index >= 15 is 0 Å². The zero-order valence-corrected chi connectivity index (χ0v) is 11.9. The summed E-state index contributed by atoms with van der Waals surface area (Å²) < 4.78 is 0. The van der Waals surface area contributed by atoms with Crippen molar-refractivity contribution in [3.63, 3.8) is 0 Å². The number of nitrogens with zero attached hydrogens (tertiary/aromatic N) is 2. The highest BCUT2D eigenvalue weighted by atomic mass is 32.2. The minimum Gasteiger partial charge on any atom is -0.477 e. The van der Waals surface area contributed by atoms with E-state index in [1.807, 2.05) is 17.5 Å². The maximum atomic E-state index is 11.2. The summed E-state index contributed by atoms with van der Waals surface area (Å²) in [6.07, 6.45) is 3.41. The van der Waals surface area contributed by atoms with E-state index in [1.165, 1.54) is 11.3 Å². The van der Waals surface area contributed by atoms with Crippen LogP contribution in [0.15, 0.2) is 27.6 Å². The van der Waals surface area contributed by atoms with Crippen molar-refractivity contribution in [3.05, 3.63) is 33.1 Å². The summed E-state index contributed by atoms with van der Waals surface area (Å²) in [5, 5.41) is 18.4. The molecule has 0 fully saturated rings. The lowest BCUT2D eigenvalue weighted by Crippen LogP contribution is -1.96. The Bertz CT molecular complexity index is 576. The van der Waals surface area contributed by atoms with Gasteiger partial charge in [0, 0.05) is 11.3 Å². The van der Waals surface area contributed by atoms with Crippen molar-refractivity contribution in [1.82, 2.24) is 15.2 Å². The lowest BCUT2D eigenvalue weighted by atomic mass is 10.3. The quantitative estimate of drug-likeness (QED) is 0.632. The smallest absolute Gasteiger partial charge is 0.342 e. The van der Waals surface area contributed by atoms with E-state index in [0.29, 0.717) is 5.16 Å². The number of aromatic nitrogens is 3. The number of nitrogens with one attached hydrogen (secondary N) is 1. The molecule has 0 aliphatic rings. The number of rotatable bonds is 6. The zero-order chi connectivity index (χ0) is 13.7. The third kappa shape index (κ3) is 3.93. The van der Waals surface area contributed by atoms with Crippen LogP contribution in [0.5, 0.6) is 0 Å². The van der Waals surface area contributed by atoms with Crippen molar-refractivity contribution >= 4 is 35.1 Å². The molecule has 2 N–H and O–H groups in total. The molecule has 0 spiro atoms. The van der Waals surface area contributed by atoms with Crippen LogP contribution in [0.1, 0.15) is 24.0 Å². The van der Waals surface area contributed by atoms with Gasteiger partial charge in [0.05, 0.1) is 0 Å². The molecule has 0 aliphatic carbocycles. The Labute approximate surface area is 118 Å². The Morgan fingerprint density at radius 2 is 2.47 bits per heavy atom. The Hall–Kier alpha value is -1.60. The second kappa shape index (κ2) is 6.53. The molecular weight excluding hydrogens is 282 g/mol. The van der Waals surface area contributed by atoms with Gasteiger partial charge in [-0.3, -0.25) is 5.10 Å². The molecule has 0 aliphatic heterocycles. The van der Waals surface area contributed by atoms with Crippen LogP contribution in [0.2, 0.25) is 0 Å². The van der Waals surface area contributed by atoms with Crippen LogP contribution in [0.3, 0.4) is 0 Å². The van der Waals surface area contributed by atoms with E-state index in [-0.39, 0.29) is 4.91 Å². The average Bonchev–Trinajstić information content (AvgIpc) is 3.01. The molecule has 100 valence electrons. The maximum absolute atomic E-state index is 11.2. The molecule has 0 saturated carbocycles. The second-order valence-electron chi connectivity index (χ2n) is 3.75. The first-order chi connectivity index (χ1) is 9.19. The second-order valence-corrected chi connectivity index (χ2v) is 5.73. The van der Waals surface area contributed by atoms with E-state index in [9.17, 15) is 9.90 Å². The van der Waals surface area contributed by atoms with E-state index in [4.69, 9.17) is 0 Å². The van der Waals surface area contributed by atoms with Crippen LogP contribution in [-0.2, 0) is 11.2 Å². The third-order valence-corrected chi connectivity index (χ3v) is 3.92. The van der Waals surface area contributed by atoms with Crippen molar-refractivity contribution in [2.45, 2.75) is 24.9 Å². The molecule has 0 bridgehead atoms. The van der Waals surface area contributed by atoms with Gasteiger partial charge in [0.15, 0.2) is 0 Å². The molecule has 0 saturated heterocycles. The number of H-pyrrole nitrogens is 1. The van der Waals surface area contributed by atoms with Gasteiger partial charge >= 0.3 is 5.97 Å². The number of aromatic amines is 1. The van der Waals surface area contributed by atoms with Gasteiger partial charge in [-0.25, -0.2) is 9.78 Å². The fraction of sp³-hybridized carbons (Fsp3) is 0.250. The first-order valence-corrected chi connectivity index (χ1v) is 7.46. The minimum atomic E-state index is -0.972. The molecule has 0 atom stereocenters. The highest BCUT2D eigenvalue weighted by molar-refractivity contribution is 8.04. The van der Waals surface area contributed by atoms with Gasteiger partial charge in [-0.15, -0.1) is 16.4 Å². The molecule has 19 heavy (non-hydrogen) atoms. The molecule has 2 rings (SSSR count). The summed E-state index contributed by atoms with van der Waals surface area (Å²) in [5.41, 5.74) is 0. The fourth-order valence-electron chi connectivity index (χ4n) is 1.41. The Balaban J connectivity index is 2.14. The first-order valence-electron chi connectivity index (χ1n) is 5.76. The summed E-state index contributed by atoms with van der Waals surface area (Å²) in [6, 6.07) is 3.75. The van der Waals surface area contributed by atoms with Crippen LogP contribution < -0.4 is 0 Å². The summed E-state index contributed by atoms with van der Waals surface area (Å²) >= 11 is 2.55. The molecule has 2 aromatic heterocycles. The molecule has 0 radical (unpaired) electrons. The highest BCUT2D eigenvalue weighted by Gasteiger charge is 2.13. The SMILES string of the molecule is CCCc1nc(S/C(=C\c2cccs2)C(=O)O)n[nH]1. The monoisotopic (exact) mass is 295 g/mol. The number of aryl methyl sites for hydroxylation is 1. The highest BCUT2D eigenvalue weighted by Crippen LogP contribution is 2.26. The molecule has 0 aromatic carbocycles. The van der Waals surface area contributed by atoms with Gasteiger partial charge in [-0.1, -0.05) is 13.0 Å². The molecule has 7 heteroatoms. The van der Waals surface area contributed by atoms with Gasteiger partial charge in [0.25, 0.3) is 0 Å². The summed E-state index contributed by atoms with van der Waals surface area (Å²) in [6.45, 7) is 2.05. The number of hydrogen-bond acceptors (Lipinski definition) is 5. The van der Waals surface area contributed by atoms with Crippen LogP contribution >= 0.6 is 23.1 Å². The van der Waals surface area contributed by atoms with Gasteiger partial charge in [0.1, 0.15) is 10.7 Å². The maximum Gasteiger partial charge on any atom is 0.342 e. The van der Waals surface area contributed by atoms with E-state index in [0.717, 1.165) is 35.3 Å². The van der Waals surface area contributed by atoms with Gasteiger partial charge in [-0.2, -0.15) is 0 Å². The van der Waals surface area contributed by atoms with Crippen molar-refractivity contribution in [2.75, 3.05) is 0 Å². The largest absolute Gasteiger partial charge is 0.477 e. The summed E-state index contributed by atoms with van der Waals surface area (Å²) in [5.74, 6) is -0.189. The Kier molecular flexibility index (Phi) is 4.75. The summed E-state index contributed by atoms with van der Waals surface area (Å²) in [7, 11) is 0. The number of thioether (sulfide) groups is 1. The van der Waals surface area contributed by atoms with Crippen molar-refractivity contribution in [3.8, 4) is 0 Å². The lowest BCUT2D eigenvalue weighted by molar-refractivity contribution is -0.131. The predicted octanol–water partition coefficient (Wildman–Crippen LogP) is 3.04. The third-order valence-electron chi connectivity index (χ3n) is 2.23. The zero-order valence-electron chi connectivity index (χ0n) is 10.3. The van der Waals surface area contributed by atoms with E-state index in [2.05, 4.69) is 22.1 Å². The molecular formula is C12H13N3O2S2. The number of thiophene rings is 1. The van der Waals surface area contributed by atoms with Gasteiger partial charge < -0.3 is 5.11 Å². The predicted molar refractivity (Wildman–Crippen MR) is 76.2 cm³/mol. The van der Waals surface area contributed by atoms with E-state index < -0.39 is 5.97 Å². The summed E-state index contributed by atoms with van der Waals surface area (Å²) in [4.78, 5) is 16.6. The van der Waals surface area contributed by atoms with Crippen molar-refractivity contribution in [1.29, 1.82) is 0 Å². The molecule has 5 nitrogen and oxygen atoms in total. The molecule has 0 amide bonds. The molecule has 2 aromatic rings. The average molecular weight is 295 g/mol.